The fraction of sp³-hybridized carbons (Fsp3) is 0.172. The van der Waals surface area contributed by atoms with E-state index >= 15 is 4.39 Å². The minimum Gasteiger partial charge on any atom is -0.496 e. The van der Waals surface area contributed by atoms with E-state index in [4.69, 9.17) is 31.1 Å². The minimum atomic E-state index is -0.455. The van der Waals surface area contributed by atoms with Gasteiger partial charge in [0.25, 0.3) is 5.91 Å². The third-order valence-electron chi connectivity index (χ3n) is 6.24. The first kappa shape index (κ1) is 26.1. The first-order valence-corrected chi connectivity index (χ1v) is 12.6. The summed E-state index contributed by atoms with van der Waals surface area (Å²) in [7, 11) is 3.00. The number of aromatic nitrogens is 2. The maximum atomic E-state index is 15.1. The number of hydrogen-bond acceptors (Lipinski definition) is 7. The lowest BCUT2D eigenvalue weighted by Crippen LogP contribution is -2.23. The molecule has 2 heterocycles. The van der Waals surface area contributed by atoms with E-state index < -0.39 is 5.82 Å². The fourth-order valence-corrected chi connectivity index (χ4v) is 4.62. The second-order valence-electron chi connectivity index (χ2n) is 8.64. The van der Waals surface area contributed by atoms with Crippen molar-refractivity contribution in [2.24, 2.45) is 4.99 Å². The zero-order valence-corrected chi connectivity index (χ0v) is 22.3. The first-order valence-electron chi connectivity index (χ1n) is 12.2. The molecule has 3 aromatic carbocycles. The Morgan fingerprint density at radius 1 is 1.05 bits per heavy atom. The number of hydrogen-bond donors (Lipinski definition) is 2. The maximum absolute atomic E-state index is 15.1. The van der Waals surface area contributed by atoms with Crippen LogP contribution in [0.4, 0.5) is 16.0 Å². The van der Waals surface area contributed by atoms with Gasteiger partial charge in [-0.2, -0.15) is 0 Å². The summed E-state index contributed by atoms with van der Waals surface area (Å²) in [6, 6.07) is 15.1. The molecule has 10 heteroatoms. The average molecular weight is 546 g/mol. The number of ether oxygens (including phenoxy) is 2. The smallest absolute Gasteiger partial charge is 0.255 e. The largest absolute Gasteiger partial charge is 0.496 e. The normalized spacial score (nSPS) is 12.0. The van der Waals surface area contributed by atoms with Crippen LogP contribution in [0, 0.1) is 5.82 Å². The Hall–Kier alpha value is -4.50. The molecule has 0 atom stereocenters. The van der Waals surface area contributed by atoms with E-state index in [0.717, 1.165) is 11.1 Å². The number of halogens is 2. The summed E-state index contributed by atoms with van der Waals surface area (Å²) in [6.07, 6.45) is 1.69. The van der Waals surface area contributed by atoms with Gasteiger partial charge in [-0.25, -0.2) is 14.4 Å². The molecule has 0 radical (unpaired) electrons. The number of aliphatic imine (C=N–C) groups is 1. The molecule has 1 aliphatic rings. The third-order valence-corrected chi connectivity index (χ3v) is 6.47. The number of nitrogens with zero attached hydrogens (tertiary/aromatic N) is 3. The van der Waals surface area contributed by atoms with Crippen LogP contribution in [0.2, 0.25) is 5.02 Å². The zero-order chi connectivity index (χ0) is 27.5. The van der Waals surface area contributed by atoms with E-state index in [0.29, 0.717) is 57.2 Å². The SMILES string of the molecule is CCNC(=O)c1ccc(Nc2ncc3c(n2)-c2ccc(Cl)cc2C(c2c(F)cccc2OC)=NC3)cc1OC. The Morgan fingerprint density at radius 2 is 1.87 bits per heavy atom. The van der Waals surface area contributed by atoms with Crippen molar-refractivity contribution in [3.63, 3.8) is 0 Å². The summed E-state index contributed by atoms with van der Waals surface area (Å²) in [5.41, 5.74) is 4.48. The lowest BCUT2D eigenvalue weighted by Gasteiger charge is -2.15. The van der Waals surface area contributed by atoms with Crippen LogP contribution in [0.5, 0.6) is 11.5 Å². The van der Waals surface area contributed by atoms with E-state index in [1.807, 2.05) is 13.0 Å². The molecular weight excluding hydrogens is 521 g/mol. The highest BCUT2D eigenvalue weighted by molar-refractivity contribution is 6.31. The number of fused-ring (bicyclic) bond motifs is 3. The Labute approximate surface area is 229 Å². The molecule has 1 aromatic heterocycles. The number of nitrogens with one attached hydrogen (secondary N) is 2. The van der Waals surface area contributed by atoms with Crippen molar-refractivity contribution in [3.8, 4) is 22.8 Å². The number of carbonyl (C=O) groups is 1. The van der Waals surface area contributed by atoms with Gasteiger partial charge < -0.3 is 20.1 Å². The van der Waals surface area contributed by atoms with Crippen molar-refractivity contribution in [3.05, 3.63) is 93.9 Å². The predicted molar refractivity (Wildman–Crippen MR) is 149 cm³/mol. The van der Waals surface area contributed by atoms with Crippen LogP contribution in [0.1, 0.15) is 34.0 Å². The Kier molecular flexibility index (Phi) is 7.42. The molecule has 0 saturated heterocycles. The molecule has 5 rings (SSSR count). The summed E-state index contributed by atoms with van der Waals surface area (Å²) in [5, 5.41) is 6.43. The highest BCUT2D eigenvalue weighted by atomic mass is 35.5. The van der Waals surface area contributed by atoms with Crippen LogP contribution in [0.15, 0.2) is 65.8 Å². The van der Waals surface area contributed by atoms with Crippen molar-refractivity contribution in [1.82, 2.24) is 15.3 Å². The zero-order valence-electron chi connectivity index (χ0n) is 21.5. The van der Waals surface area contributed by atoms with Gasteiger partial charge in [0.15, 0.2) is 0 Å². The number of anilines is 2. The number of carbonyl (C=O) groups excluding carboxylic acids is 1. The number of methoxy groups -OCH3 is 2. The minimum absolute atomic E-state index is 0.222. The molecule has 0 aliphatic carbocycles. The molecule has 0 fully saturated rings. The fourth-order valence-electron chi connectivity index (χ4n) is 4.44. The van der Waals surface area contributed by atoms with Gasteiger partial charge in [-0.15, -0.1) is 0 Å². The molecule has 0 bridgehead atoms. The van der Waals surface area contributed by atoms with Gasteiger partial charge in [0.05, 0.1) is 43.3 Å². The van der Waals surface area contributed by atoms with E-state index in [1.54, 1.807) is 48.7 Å². The van der Waals surface area contributed by atoms with Gasteiger partial charge in [-0.1, -0.05) is 23.7 Å². The second kappa shape index (κ2) is 11.1. The molecule has 2 N–H and O–H groups in total. The van der Waals surface area contributed by atoms with Crippen molar-refractivity contribution >= 4 is 34.9 Å². The standard InChI is InChI=1S/C29H25ClFN5O3/c1-4-32-28(37)20-11-9-18(13-24(20)39-3)35-29-34-15-16-14-33-27(25-22(31)6-5-7-23(25)38-2)21-12-17(30)8-10-19(21)26(16)36-29/h5-13,15H,4,14H2,1-3H3,(H,32,37)(H,34,35,36). The second-order valence-corrected chi connectivity index (χ2v) is 9.08. The molecule has 0 saturated carbocycles. The lowest BCUT2D eigenvalue weighted by atomic mass is 9.94. The molecule has 198 valence electrons. The molecule has 1 amide bonds. The molecule has 4 aromatic rings. The van der Waals surface area contributed by atoms with Crippen molar-refractivity contribution < 1.29 is 18.7 Å². The highest BCUT2D eigenvalue weighted by Crippen LogP contribution is 2.36. The van der Waals surface area contributed by atoms with Crippen molar-refractivity contribution in [2.75, 3.05) is 26.1 Å². The van der Waals surface area contributed by atoms with E-state index in [1.165, 1.54) is 20.3 Å². The van der Waals surface area contributed by atoms with Crippen LogP contribution < -0.4 is 20.1 Å². The number of amides is 1. The third kappa shape index (κ3) is 5.13. The molecule has 8 nitrogen and oxygen atoms in total. The van der Waals surface area contributed by atoms with Gasteiger partial charge >= 0.3 is 0 Å². The lowest BCUT2D eigenvalue weighted by molar-refractivity contribution is 0.0953. The summed E-state index contributed by atoms with van der Waals surface area (Å²) in [6.45, 7) is 2.58. The topological polar surface area (TPSA) is 97.7 Å². The Morgan fingerprint density at radius 3 is 2.64 bits per heavy atom. The maximum Gasteiger partial charge on any atom is 0.255 e. The average Bonchev–Trinajstić information content (AvgIpc) is 3.09. The summed E-state index contributed by atoms with van der Waals surface area (Å²) in [4.78, 5) is 26.3. The van der Waals surface area contributed by atoms with Crippen molar-refractivity contribution in [1.29, 1.82) is 0 Å². The molecule has 39 heavy (non-hydrogen) atoms. The van der Waals surface area contributed by atoms with Gasteiger partial charge in [-0.3, -0.25) is 9.79 Å². The first-order chi connectivity index (χ1) is 18.9. The summed E-state index contributed by atoms with van der Waals surface area (Å²) in [5.74, 6) is 0.430. The van der Waals surface area contributed by atoms with Gasteiger partial charge in [-0.05, 0) is 43.3 Å². The molecule has 1 aliphatic heterocycles. The van der Waals surface area contributed by atoms with Gasteiger partial charge in [0.1, 0.15) is 17.3 Å². The molecular formula is C29H25ClFN5O3. The number of benzene rings is 3. The van der Waals surface area contributed by atoms with Crippen LogP contribution in [-0.2, 0) is 6.54 Å². The Balaban J connectivity index is 1.55. The van der Waals surface area contributed by atoms with Crippen LogP contribution in [-0.4, -0.2) is 42.4 Å². The summed E-state index contributed by atoms with van der Waals surface area (Å²) >= 11 is 6.38. The Bertz CT molecular complexity index is 1610. The van der Waals surface area contributed by atoms with Crippen LogP contribution in [0.3, 0.4) is 0 Å². The van der Waals surface area contributed by atoms with Crippen LogP contribution >= 0.6 is 11.6 Å². The predicted octanol–water partition coefficient (Wildman–Crippen LogP) is 5.80. The van der Waals surface area contributed by atoms with Crippen molar-refractivity contribution in [2.45, 2.75) is 13.5 Å². The monoisotopic (exact) mass is 545 g/mol. The molecule has 0 unspecified atom stereocenters. The van der Waals surface area contributed by atoms with Crippen LogP contribution in [0.25, 0.3) is 11.3 Å². The van der Waals surface area contributed by atoms with E-state index in [-0.39, 0.29) is 18.0 Å². The van der Waals surface area contributed by atoms with Gasteiger partial charge in [0.2, 0.25) is 5.95 Å². The highest BCUT2D eigenvalue weighted by Gasteiger charge is 2.25. The quantitative estimate of drug-likeness (QED) is 0.305. The van der Waals surface area contributed by atoms with E-state index in [2.05, 4.69) is 15.6 Å². The van der Waals surface area contributed by atoms with E-state index in [9.17, 15) is 4.79 Å². The number of rotatable bonds is 7. The summed E-state index contributed by atoms with van der Waals surface area (Å²) < 4.78 is 26.0. The molecule has 0 spiro atoms. The van der Waals surface area contributed by atoms with Gasteiger partial charge in [0, 0.05) is 46.2 Å².